The number of hydrogen-bond donors (Lipinski definition) is 1. The molecule has 3 heterocycles. The van der Waals surface area contributed by atoms with Crippen molar-refractivity contribution in [1.29, 1.82) is 0 Å². The van der Waals surface area contributed by atoms with Crippen LogP contribution in [0.5, 0.6) is 0 Å². The highest BCUT2D eigenvalue weighted by molar-refractivity contribution is 5.45. The Bertz CT molecular complexity index is 542. The molecule has 0 radical (unpaired) electrons. The molecule has 0 unspecified atom stereocenters. The first-order valence-corrected chi connectivity index (χ1v) is 7.15. The van der Waals surface area contributed by atoms with Gasteiger partial charge >= 0.3 is 0 Å². The highest BCUT2D eigenvalue weighted by Crippen LogP contribution is 2.37. The maximum absolute atomic E-state index is 5.56. The molecule has 0 bridgehead atoms. The zero-order valence-corrected chi connectivity index (χ0v) is 11.7. The molecule has 1 fully saturated rings. The van der Waals surface area contributed by atoms with E-state index in [1.165, 1.54) is 0 Å². The largest absolute Gasteiger partial charge is 0.338 e. The molecule has 0 aliphatic carbocycles. The average molecular weight is 273 g/mol. The Kier molecular flexibility index (Phi) is 3.73. The van der Waals surface area contributed by atoms with Gasteiger partial charge in [0.1, 0.15) is 5.69 Å². The van der Waals surface area contributed by atoms with E-state index in [-0.39, 0.29) is 5.41 Å². The Morgan fingerprint density at radius 1 is 1.30 bits per heavy atom. The quantitative estimate of drug-likeness (QED) is 0.917. The van der Waals surface area contributed by atoms with Crippen molar-refractivity contribution in [2.24, 2.45) is 0 Å². The van der Waals surface area contributed by atoms with Gasteiger partial charge in [-0.2, -0.15) is 4.98 Å². The second kappa shape index (κ2) is 5.66. The number of hydrogen-bond acceptors (Lipinski definition) is 6. The lowest BCUT2D eigenvalue weighted by molar-refractivity contribution is 0.208. The SMILES string of the molecule is CCCC1(c2nc(-c3cnccn3)no2)CCNCC1. The molecular formula is C14H19N5O. The zero-order valence-electron chi connectivity index (χ0n) is 11.7. The van der Waals surface area contributed by atoms with Crippen LogP contribution in [0.3, 0.4) is 0 Å². The van der Waals surface area contributed by atoms with Gasteiger partial charge in [-0.25, -0.2) is 4.98 Å². The Morgan fingerprint density at radius 3 is 2.85 bits per heavy atom. The van der Waals surface area contributed by atoms with E-state index in [1.807, 2.05) is 0 Å². The van der Waals surface area contributed by atoms with Gasteiger partial charge in [-0.1, -0.05) is 18.5 Å². The summed E-state index contributed by atoms with van der Waals surface area (Å²) in [6.07, 6.45) is 9.21. The number of aromatic nitrogens is 4. The van der Waals surface area contributed by atoms with Crippen LogP contribution >= 0.6 is 0 Å². The summed E-state index contributed by atoms with van der Waals surface area (Å²) in [6, 6.07) is 0. The minimum Gasteiger partial charge on any atom is -0.338 e. The van der Waals surface area contributed by atoms with Gasteiger partial charge in [-0.05, 0) is 32.4 Å². The maximum atomic E-state index is 5.56. The average Bonchev–Trinajstić information content (AvgIpc) is 3.00. The number of nitrogens with one attached hydrogen (secondary N) is 1. The summed E-state index contributed by atoms with van der Waals surface area (Å²) in [5.74, 6) is 1.28. The summed E-state index contributed by atoms with van der Waals surface area (Å²) in [7, 11) is 0. The minimum absolute atomic E-state index is 0.0213. The molecule has 0 spiro atoms. The van der Waals surface area contributed by atoms with Crippen molar-refractivity contribution in [1.82, 2.24) is 25.4 Å². The first-order chi connectivity index (χ1) is 9.84. The molecule has 1 aliphatic heterocycles. The smallest absolute Gasteiger partial charge is 0.233 e. The van der Waals surface area contributed by atoms with Crippen molar-refractivity contribution in [3.8, 4) is 11.5 Å². The number of piperidine rings is 1. The van der Waals surface area contributed by atoms with Crippen LogP contribution < -0.4 is 5.32 Å². The fourth-order valence-corrected chi connectivity index (χ4v) is 2.91. The van der Waals surface area contributed by atoms with Gasteiger partial charge in [0.15, 0.2) is 0 Å². The molecule has 1 aliphatic rings. The summed E-state index contributed by atoms with van der Waals surface area (Å²) < 4.78 is 5.56. The molecule has 2 aromatic heterocycles. The monoisotopic (exact) mass is 273 g/mol. The Balaban J connectivity index is 1.91. The zero-order chi connectivity index (χ0) is 13.8. The van der Waals surface area contributed by atoms with E-state index in [9.17, 15) is 0 Å². The lowest BCUT2D eigenvalue weighted by Gasteiger charge is -2.34. The van der Waals surface area contributed by atoms with Crippen molar-refractivity contribution in [3.63, 3.8) is 0 Å². The topological polar surface area (TPSA) is 76.7 Å². The van der Waals surface area contributed by atoms with Gasteiger partial charge in [0.05, 0.1) is 11.6 Å². The fourth-order valence-electron chi connectivity index (χ4n) is 2.91. The Morgan fingerprint density at radius 2 is 2.15 bits per heavy atom. The van der Waals surface area contributed by atoms with Crippen molar-refractivity contribution in [2.45, 2.75) is 38.0 Å². The molecule has 2 aromatic rings. The molecule has 0 amide bonds. The van der Waals surface area contributed by atoms with Gasteiger partial charge in [-0.3, -0.25) is 4.98 Å². The van der Waals surface area contributed by atoms with E-state index >= 15 is 0 Å². The highest BCUT2D eigenvalue weighted by atomic mass is 16.5. The third kappa shape index (κ3) is 2.43. The molecule has 6 heteroatoms. The van der Waals surface area contributed by atoms with Crippen LogP contribution in [0.4, 0.5) is 0 Å². The van der Waals surface area contributed by atoms with Crippen LogP contribution in [-0.4, -0.2) is 33.2 Å². The van der Waals surface area contributed by atoms with Crippen LogP contribution in [0, 0.1) is 0 Å². The van der Waals surface area contributed by atoms with Gasteiger partial charge in [0.2, 0.25) is 11.7 Å². The van der Waals surface area contributed by atoms with Crippen LogP contribution in [0.2, 0.25) is 0 Å². The third-order valence-electron chi connectivity index (χ3n) is 3.96. The van der Waals surface area contributed by atoms with Crippen molar-refractivity contribution in [2.75, 3.05) is 13.1 Å². The highest BCUT2D eigenvalue weighted by Gasteiger charge is 2.38. The van der Waals surface area contributed by atoms with Crippen LogP contribution in [0.25, 0.3) is 11.5 Å². The van der Waals surface area contributed by atoms with Crippen LogP contribution in [0.15, 0.2) is 23.1 Å². The molecule has 0 aromatic carbocycles. The second-order valence-electron chi connectivity index (χ2n) is 5.29. The summed E-state index contributed by atoms with van der Waals surface area (Å²) in [5.41, 5.74) is 0.677. The maximum Gasteiger partial charge on any atom is 0.233 e. The molecule has 1 saturated heterocycles. The fraction of sp³-hybridized carbons (Fsp3) is 0.571. The molecular weight excluding hydrogens is 254 g/mol. The third-order valence-corrected chi connectivity index (χ3v) is 3.96. The molecule has 3 rings (SSSR count). The normalized spacial score (nSPS) is 18.1. The van der Waals surface area contributed by atoms with Crippen molar-refractivity contribution < 1.29 is 4.52 Å². The molecule has 1 N–H and O–H groups in total. The summed E-state index contributed by atoms with van der Waals surface area (Å²) in [6.45, 7) is 4.20. The predicted octanol–water partition coefficient (Wildman–Crippen LogP) is 1.95. The molecule has 106 valence electrons. The van der Waals surface area contributed by atoms with Crippen LogP contribution in [-0.2, 0) is 5.41 Å². The second-order valence-corrected chi connectivity index (χ2v) is 5.29. The molecule has 20 heavy (non-hydrogen) atoms. The van der Waals surface area contributed by atoms with Gasteiger partial charge in [-0.15, -0.1) is 0 Å². The van der Waals surface area contributed by atoms with Gasteiger partial charge in [0.25, 0.3) is 0 Å². The molecule has 0 atom stereocenters. The summed E-state index contributed by atoms with van der Waals surface area (Å²) in [4.78, 5) is 12.8. The lowest BCUT2D eigenvalue weighted by Crippen LogP contribution is -2.40. The molecule has 0 saturated carbocycles. The van der Waals surface area contributed by atoms with Crippen LogP contribution in [0.1, 0.15) is 38.5 Å². The van der Waals surface area contributed by atoms with E-state index in [0.717, 1.165) is 44.7 Å². The van der Waals surface area contributed by atoms with E-state index in [2.05, 4.69) is 32.3 Å². The molecule has 6 nitrogen and oxygen atoms in total. The predicted molar refractivity (Wildman–Crippen MR) is 74.0 cm³/mol. The Hall–Kier alpha value is -1.82. The van der Waals surface area contributed by atoms with Gasteiger partial charge in [0, 0.05) is 12.4 Å². The minimum atomic E-state index is 0.0213. The Labute approximate surface area is 118 Å². The van der Waals surface area contributed by atoms with Crippen molar-refractivity contribution in [3.05, 3.63) is 24.5 Å². The lowest BCUT2D eigenvalue weighted by atomic mass is 9.75. The first kappa shape index (κ1) is 13.2. The number of nitrogens with zero attached hydrogens (tertiary/aromatic N) is 4. The number of rotatable bonds is 4. The van der Waals surface area contributed by atoms with E-state index in [0.29, 0.717) is 11.5 Å². The summed E-state index contributed by atoms with van der Waals surface area (Å²) >= 11 is 0. The standard InChI is InChI=1S/C14H19N5O/c1-2-3-14(4-6-15-7-5-14)13-18-12(19-20-13)11-10-16-8-9-17-11/h8-10,15H,2-7H2,1H3. The van der Waals surface area contributed by atoms with Crippen molar-refractivity contribution >= 4 is 0 Å². The van der Waals surface area contributed by atoms with E-state index in [4.69, 9.17) is 4.52 Å². The van der Waals surface area contributed by atoms with E-state index < -0.39 is 0 Å². The summed E-state index contributed by atoms with van der Waals surface area (Å²) in [5, 5.41) is 7.47. The van der Waals surface area contributed by atoms with Gasteiger partial charge < -0.3 is 9.84 Å². The first-order valence-electron chi connectivity index (χ1n) is 7.15. The van der Waals surface area contributed by atoms with E-state index in [1.54, 1.807) is 18.6 Å².